The molecule has 2 aromatic carbocycles. The van der Waals surface area contributed by atoms with Crippen molar-refractivity contribution in [2.75, 3.05) is 25.5 Å². The number of amides is 1. The maximum absolute atomic E-state index is 12.8. The molecule has 0 aromatic heterocycles. The van der Waals surface area contributed by atoms with E-state index in [4.69, 9.17) is 4.74 Å². The van der Waals surface area contributed by atoms with Crippen molar-refractivity contribution in [2.24, 2.45) is 0 Å². The molecule has 2 rings (SSSR count). The van der Waals surface area contributed by atoms with E-state index in [-0.39, 0.29) is 10.8 Å². The third-order valence-corrected chi connectivity index (χ3v) is 6.87. The van der Waals surface area contributed by atoms with E-state index in [0.717, 1.165) is 16.4 Å². The van der Waals surface area contributed by atoms with Gasteiger partial charge in [0.2, 0.25) is 10.0 Å². The average molecular weight is 516 g/mol. The van der Waals surface area contributed by atoms with Gasteiger partial charge in [0.05, 0.1) is 15.6 Å². The van der Waals surface area contributed by atoms with Crippen LogP contribution in [0.15, 0.2) is 47.4 Å². The minimum Gasteiger partial charge on any atom is -0.496 e. The van der Waals surface area contributed by atoms with Crippen molar-refractivity contribution in [3.63, 3.8) is 0 Å². The van der Waals surface area contributed by atoms with E-state index in [0.29, 0.717) is 30.1 Å². The highest BCUT2D eigenvalue weighted by Crippen LogP contribution is 2.23. The Hall–Kier alpha value is -1.65. The van der Waals surface area contributed by atoms with Crippen LogP contribution in [0.5, 0.6) is 5.75 Å². The third-order valence-electron chi connectivity index (χ3n) is 4.11. The molecule has 0 fully saturated rings. The van der Waals surface area contributed by atoms with Crippen molar-refractivity contribution < 1.29 is 17.9 Å². The Labute approximate surface area is 180 Å². The summed E-state index contributed by atoms with van der Waals surface area (Å²) in [5.74, 6) is 0.435. The molecule has 0 atom stereocenters. The summed E-state index contributed by atoms with van der Waals surface area (Å²) in [4.78, 5) is 12.7. The third kappa shape index (κ3) is 5.45. The normalized spacial score (nSPS) is 11.5. The van der Waals surface area contributed by atoms with Crippen LogP contribution in [0.1, 0.15) is 37.0 Å². The first-order valence-electron chi connectivity index (χ1n) is 9.08. The van der Waals surface area contributed by atoms with Crippen molar-refractivity contribution >= 4 is 44.2 Å². The monoisotopic (exact) mass is 516 g/mol. The van der Waals surface area contributed by atoms with Crippen molar-refractivity contribution in [3.8, 4) is 5.75 Å². The Kier molecular flexibility index (Phi) is 8.26. The smallest absolute Gasteiger partial charge is 0.255 e. The Morgan fingerprint density at radius 1 is 1.07 bits per heavy atom. The molecule has 0 unspecified atom stereocenters. The van der Waals surface area contributed by atoms with Crippen LogP contribution >= 0.6 is 22.6 Å². The molecule has 0 aliphatic heterocycles. The lowest BCUT2D eigenvalue weighted by molar-refractivity contribution is 0.102. The lowest BCUT2D eigenvalue weighted by atomic mass is 10.2. The van der Waals surface area contributed by atoms with Gasteiger partial charge in [-0.15, -0.1) is 0 Å². The average Bonchev–Trinajstić information content (AvgIpc) is 2.68. The van der Waals surface area contributed by atoms with Crippen molar-refractivity contribution in [3.05, 3.63) is 51.6 Å². The molecule has 0 spiro atoms. The number of hydrogen-bond donors (Lipinski definition) is 1. The van der Waals surface area contributed by atoms with Crippen LogP contribution in [0.2, 0.25) is 0 Å². The molecule has 0 heterocycles. The molecule has 6 nitrogen and oxygen atoms in total. The number of halogens is 1. The van der Waals surface area contributed by atoms with Crippen LogP contribution in [0.3, 0.4) is 0 Å². The number of carbonyl (C=O) groups is 1. The molecule has 0 saturated carbocycles. The minimum atomic E-state index is -3.53. The Balaban J connectivity index is 2.15. The van der Waals surface area contributed by atoms with E-state index in [9.17, 15) is 13.2 Å². The zero-order valence-corrected chi connectivity index (χ0v) is 19.2. The fourth-order valence-corrected chi connectivity index (χ4v) is 5.08. The number of nitrogens with zero attached hydrogens (tertiary/aromatic N) is 1. The number of benzene rings is 2. The largest absolute Gasteiger partial charge is 0.496 e. The van der Waals surface area contributed by atoms with Gasteiger partial charge in [-0.2, -0.15) is 4.31 Å². The molecule has 0 aliphatic rings. The van der Waals surface area contributed by atoms with Crippen LogP contribution in [-0.2, 0) is 10.0 Å². The van der Waals surface area contributed by atoms with Gasteiger partial charge in [-0.05, 0) is 77.9 Å². The first-order chi connectivity index (χ1) is 13.3. The summed E-state index contributed by atoms with van der Waals surface area (Å²) in [6, 6.07) is 11.4. The summed E-state index contributed by atoms with van der Waals surface area (Å²) in [6.45, 7) is 4.89. The van der Waals surface area contributed by atoms with Gasteiger partial charge < -0.3 is 10.1 Å². The van der Waals surface area contributed by atoms with Crippen LogP contribution < -0.4 is 10.1 Å². The van der Waals surface area contributed by atoms with Gasteiger partial charge in [-0.1, -0.05) is 13.8 Å². The molecule has 0 saturated heterocycles. The summed E-state index contributed by atoms with van der Waals surface area (Å²) in [5, 5.41) is 2.79. The fourth-order valence-electron chi connectivity index (χ4n) is 2.72. The van der Waals surface area contributed by atoms with E-state index >= 15 is 0 Å². The summed E-state index contributed by atoms with van der Waals surface area (Å²) in [6.07, 6.45) is 1.52. The highest BCUT2D eigenvalue weighted by molar-refractivity contribution is 14.1. The van der Waals surface area contributed by atoms with Crippen LogP contribution in [0, 0.1) is 3.57 Å². The topological polar surface area (TPSA) is 75.7 Å². The molecular formula is C20H25IN2O4S. The van der Waals surface area contributed by atoms with Gasteiger partial charge in [-0.25, -0.2) is 8.42 Å². The molecule has 0 bridgehead atoms. The maximum atomic E-state index is 12.8. The molecule has 0 radical (unpaired) electrons. The molecule has 28 heavy (non-hydrogen) atoms. The van der Waals surface area contributed by atoms with Gasteiger partial charge in [0.15, 0.2) is 0 Å². The van der Waals surface area contributed by atoms with Gasteiger partial charge >= 0.3 is 0 Å². The summed E-state index contributed by atoms with van der Waals surface area (Å²) < 4.78 is 33.1. The van der Waals surface area contributed by atoms with Gasteiger partial charge in [-0.3, -0.25) is 4.79 Å². The highest BCUT2D eigenvalue weighted by atomic mass is 127. The number of anilines is 1. The lowest BCUT2D eigenvalue weighted by Gasteiger charge is -2.21. The predicted octanol–water partition coefficient (Wildman–Crippen LogP) is 4.36. The maximum Gasteiger partial charge on any atom is 0.255 e. The fraction of sp³-hybridized carbons (Fsp3) is 0.350. The zero-order chi connectivity index (χ0) is 20.7. The molecule has 0 aliphatic carbocycles. The summed E-state index contributed by atoms with van der Waals surface area (Å²) in [7, 11) is -1.95. The number of ether oxygens (including phenoxy) is 1. The molecule has 1 amide bonds. The van der Waals surface area contributed by atoms with Crippen molar-refractivity contribution in [1.29, 1.82) is 0 Å². The highest BCUT2D eigenvalue weighted by Gasteiger charge is 2.23. The summed E-state index contributed by atoms with van der Waals surface area (Å²) >= 11 is 2.11. The van der Waals surface area contributed by atoms with Crippen LogP contribution in [-0.4, -0.2) is 38.8 Å². The first-order valence-corrected chi connectivity index (χ1v) is 11.6. The second-order valence-corrected chi connectivity index (χ2v) is 9.33. The van der Waals surface area contributed by atoms with E-state index in [1.165, 1.54) is 16.4 Å². The van der Waals surface area contributed by atoms with Crippen molar-refractivity contribution in [2.45, 2.75) is 31.6 Å². The zero-order valence-electron chi connectivity index (χ0n) is 16.2. The van der Waals surface area contributed by atoms with E-state index in [1.54, 1.807) is 37.4 Å². The number of methoxy groups -OCH3 is 1. The Morgan fingerprint density at radius 2 is 1.68 bits per heavy atom. The van der Waals surface area contributed by atoms with Gasteiger partial charge in [0.25, 0.3) is 5.91 Å². The van der Waals surface area contributed by atoms with Crippen LogP contribution in [0.25, 0.3) is 0 Å². The van der Waals surface area contributed by atoms with Gasteiger partial charge in [0.1, 0.15) is 5.75 Å². The lowest BCUT2D eigenvalue weighted by Crippen LogP contribution is -2.32. The summed E-state index contributed by atoms with van der Waals surface area (Å²) in [5.41, 5.74) is 1.03. The molecule has 2 aromatic rings. The second kappa shape index (κ2) is 10.2. The number of sulfonamides is 1. The first kappa shape index (κ1) is 22.6. The van der Waals surface area contributed by atoms with E-state index in [2.05, 4.69) is 27.9 Å². The molecule has 8 heteroatoms. The predicted molar refractivity (Wildman–Crippen MR) is 119 cm³/mol. The number of nitrogens with one attached hydrogen (secondary N) is 1. The van der Waals surface area contributed by atoms with Crippen LogP contribution in [0.4, 0.5) is 5.69 Å². The standard InChI is InChI=1S/C20H25IN2O4S/c1-4-12-23(13-5-2)28(25,26)17-9-7-16(8-10-17)22-20(24)15-6-11-19(27-3)18(21)14-15/h6-11,14H,4-5,12-13H2,1-3H3,(H,22,24). The minimum absolute atomic E-state index is 0.228. The second-order valence-electron chi connectivity index (χ2n) is 6.23. The van der Waals surface area contributed by atoms with Crippen molar-refractivity contribution in [1.82, 2.24) is 4.31 Å². The Morgan fingerprint density at radius 3 is 2.18 bits per heavy atom. The number of carbonyl (C=O) groups excluding carboxylic acids is 1. The SMILES string of the molecule is CCCN(CCC)S(=O)(=O)c1ccc(NC(=O)c2ccc(OC)c(I)c2)cc1. The molecular weight excluding hydrogens is 491 g/mol. The quantitative estimate of drug-likeness (QED) is 0.503. The number of rotatable bonds is 9. The number of hydrogen-bond acceptors (Lipinski definition) is 4. The molecule has 1 N–H and O–H groups in total. The van der Waals surface area contributed by atoms with E-state index < -0.39 is 10.0 Å². The van der Waals surface area contributed by atoms with E-state index in [1.807, 2.05) is 13.8 Å². The molecule has 152 valence electrons. The Bertz CT molecular complexity index is 908. The van der Waals surface area contributed by atoms with Gasteiger partial charge in [0, 0.05) is 24.3 Å².